The Bertz CT molecular complexity index is 393. The Labute approximate surface area is 111 Å². The third-order valence-corrected chi connectivity index (χ3v) is 3.07. The number of ether oxygens (including phenoxy) is 1. The number of hydrogen-bond donors (Lipinski definition) is 1. The number of rotatable bonds is 5. The SMILES string of the molecule is CC(C)(C)C(=O)OCCCNC(=O)c1cccs1. The lowest BCUT2D eigenvalue weighted by atomic mass is 9.97. The van der Waals surface area contributed by atoms with Crippen LogP contribution < -0.4 is 5.32 Å². The number of carbonyl (C=O) groups is 2. The minimum Gasteiger partial charge on any atom is -0.465 e. The Kier molecular flexibility index (Phi) is 5.34. The Balaban J connectivity index is 2.13. The minimum absolute atomic E-state index is 0.0767. The average molecular weight is 269 g/mol. The van der Waals surface area contributed by atoms with E-state index in [4.69, 9.17) is 4.74 Å². The molecule has 0 aromatic carbocycles. The summed E-state index contributed by atoms with van der Waals surface area (Å²) in [5.74, 6) is -0.292. The molecule has 100 valence electrons. The van der Waals surface area contributed by atoms with Crippen LogP contribution in [0.15, 0.2) is 17.5 Å². The molecule has 0 aliphatic heterocycles. The fourth-order valence-electron chi connectivity index (χ4n) is 1.15. The van der Waals surface area contributed by atoms with E-state index < -0.39 is 5.41 Å². The van der Waals surface area contributed by atoms with E-state index in [-0.39, 0.29) is 11.9 Å². The molecule has 0 unspecified atom stereocenters. The van der Waals surface area contributed by atoms with Gasteiger partial charge in [0.1, 0.15) is 0 Å². The number of amides is 1. The zero-order chi connectivity index (χ0) is 13.6. The van der Waals surface area contributed by atoms with Crippen LogP contribution in [0.3, 0.4) is 0 Å². The van der Waals surface area contributed by atoms with Gasteiger partial charge in [-0.3, -0.25) is 9.59 Å². The Morgan fingerprint density at radius 2 is 2.11 bits per heavy atom. The van der Waals surface area contributed by atoms with Crippen LogP contribution in [0.5, 0.6) is 0 Å². The molecule has 1 aromatic rings. The first kappa shape index (κ1) is 14.7. The molecule has 0 atom stereocenters. The summed E-state index contributed by atoms with van der Waals surface area (Å²) in [6, 6.07) is 3.62. The first-order valence-corrected chi connectivity index (χ1v) is 6.78. The van der Waals surface area contributed by atoms with Crippen LogP contribution in [0, 0.1) is 5.41 Å². The van der Waals surface area contributed by atoms with Crippen LogP contribution in [0.25, 0.3) is 0 Å². The van der Waals surface area contributed by atoms with Crippen molar-refractivity contribution in [1.29, 1.82) is 0 Å². The zero-order valence-corrected chi connectivity index (χ0v) is 11.8. The molecule has 1 N–H and O–H groups in total. The molecule has 0 bridgehead atoms. The van der Waals surface area contributed by atoms with E-state index in [0.29, 0.717) is 24.4 Å². The Morgan fingerprint density at radius 1 is 1.39 bits per heavy atom. The number of thiophene rings is 1. The van der Waals surface area contributed by atoms with Crippen LogP contribution in [-0.2, 0) is 9.53 Å². The number of hydrogen-bond acceptors (Lipinski definition) is 4. The summed E-state index contributed by atoms with van der Waals surface area (Å²) in [5.41, 5.74) is -0.472. The molecule has 0 spiro atoms. The summed E-state index contributed by atoms with van der Waals surface area (Å²) in [6.45, 7) is 6.28. The van der Waals surface area contributed by atoms with Gasteiger partial charge >= 0.3 is 5.97 Å². The minimum atomic E-state index is -0.472. The van der Waals surface area contributed by atoms with Crippen LogP contribution in [0.2, 0.25) is 0 Å². The number of nitrogens with one attached hydrogen (secondary N) is 1. The maximum Gasteiger partial charge on any atom is 0.311 e. The van der Waals surface area contributed by atoms with Crippen molar-refractivity contribution in [2.24, 2.45) is 5.41 Å². The van der Waals surface area contributed by atoms with Crippen molar-refractivity contribution in [3.8, 4) is 0 Å². The second-order valence-electron chi connectivity index (χ2n) is 4.97. The Hall–Kier alpha value is -1.36. The van der Waals surface area contributed by atoms with Gasteiger partial charge in [0, 0.05) is 6.54 Å². The highest BCUT2D eigenvalue weighted by Crippen LogP contribution is 2.15. The van der Waals surface area contributed by atoms with Gasteiger partial charge in [0.05, 0.1) is 16.9 Å². The molecule has 0 aliphatic rings. The molecule has 18 heavy (non-hydrogen) atoms. The standard InChI is InChI=1S/C13H19NO3S/c1-13(2,3)12(16)17-8-5-7-14-11(15)10-6-4-9-18-10/h4,6,9H,5,7-8H2,1-3H3,(H,14,15). The summed E-state index contributed by atoms with van der Waals surface area (Å²) < 4.78 is 5.09. The van der Waals surface area contributed by atoms with E-state index in [9.17, 15) is 9.59 Å². The van der Waals surface area contributed by atoms with Crippen molar-refractivity contribution in [3.63, 3.8) is 0 Å². The van der Waals surface area contributed by atoms with Crippen LogP contribution >= 0.6 is 11.3 Å². The van der Waals surface area contributed by atoms with Gasteiger partial charge in [-0.25, -0.2) is 0 Å². The summed E-state index contributed by atoms with van der Waals surface area (Å²) in [7, 11) is 0. The van der Waals surface area contributed by atoms with Gasteiger partial charge in [-0.1, -0.05) is 6.07 Å². The molecular weight excluding hydrogens is 250 g/mol. The lowest BCUT2D eigenvalue weighted by Gasteiger charge is -2.16. The predicted molar refractivity (Wildman–Crippen MR) is 71.7 cm³/mol. The van der Waals surface area contributed by atoms with Gasteiger partial charge in [0.2, 0.25) is 0 Å². The fraction of sp³-hybridized carbons (Fsp3) is 0.538. The van der Waals surface area contributed by atoms with Crippen molar-refractivity contribution in [2.75, 3.05) is 13.2 Å². The summed E-state index contributed by atoms with van der Waals surface area (Å²) in [5, 5.41) is 4.64. The highest BCUT2D eigenvalue weighted by atomic mass is 32.1. The molecule has 0 aliphatic carbocycles. The van der Waals surface area contributed by atoms with Gasteiger partial charge in [-0.15, -0.1) is 11.3 Å². The molecule has 0 radical (unpaired) electrons. The normalized spacial score (nSPS) is 11.1. The van der Waals surface area contributed by atoms with Crippen LogP contribution in [-0.4, -0.2) is 25.0 Å². The topological polar surface area (TPSA) is 55.4 Å². The quantitative estimate of drug-likeness (QED) is 0.660. The highest BCUT2D eigenvalue weighted by Gasteiger charge is 2.22. The van der Waals surface area contributed by atoms with Gasteiger partial charge in [-0.2, -0.15) is 0 Å². The van der Waals surface area contributed by atoms with E-state index >= 15 is 0 Å². The summed E-state index contributed by atoms with van der Waals surface area (Å²) >= 11 is 1.41. The number of esters is 1. The predicted octanol–water partition coefficient (Wildman–Crippen LogP) is 2.46. The van der Waals surface area contributed by atoms with Crippen molar-refractivity contribution in [1.82, 2.24) is 5.32 Å². The van der Waals surface area contributed by atoms with E-state index in [1.165, 1.54) is 11.3 Å². The van der Waals surface area contributed by atoms with E-state index in [2.05, 4.69) is 5.32 Å². The molecular formula is C13H19NO3S. The summed E-state index contributed by atoms with van der Waals surface area (Å²) in [4.78, 5) is 23.7. The van der Waals surface area contributed by atoms with Gasteiger partial charge in [0.15, 0.2) is 0 Å². The highest BCUT2D eigenvalue weighted by molar-refractivity contribution is 7.12. The largest absolute Gasteiger partial charge is 0.465 e. The number of carbonyl (C=O) groups excluding carboxylic acids is 2. The van der Waals surface area contributed by atoms with E-state index in [1.54, 1.807) is 6.07 Å². The van der Waals surface area contributed by atoms with Crippen LogP contribution in [0.1, 0.15) is 36.9 Å². The lowest BCUT2D eigenvalue weighted by Crippen LogP contribution is -2.27. The molecule has 0 fully saturated rings. The lowest BCUT2D eigenvalue weighted by molar-refractivity contribution is -0.152. The average Bonchev–Trinajstić information content (AvgIpc) is 2.80. The molecule has 1 aromatic heterocycles. The maximum atomic E-state index is 11.6. The van der Waals surface area contributed by atoms with Gasteiger partial charge < -0.3 is 10.1 Å². The van der Waals surface area contributed by atoms with Crippen molar-refractivity contribution < 1.29 is 14.3 Å². The van der Waals surface area contributed by atoms with E-state index in [1.807, 2.05) is 32.2 Å². The third-order valence-electron chi connectivity index (χ3n) is 2.20. The molecule has 1 amide bonds. The molecule has 0 saturated carbocycles. The fourth-order valence-corrected chi connectivity index (χ4v) is 1.79. The molecule has 1 heterocycles. The zero-order valence-electron chi connectivity index (χ0n) is 11.0. The molecule has 5 heteroatoms. The van der Waals surface area contributed by atoms with Crippen molar-refractivity contribution in [2.45, 2.75) is 27.2 Å². The maximum absolute atomic E-state index is 11.6. The molecule has 4 nitrogen and oxygen atoms in total. The van der Waals surface area contributed by atoms with Crippen LogP contribution in [0.4, 0.5) is 0 Å². The molecule has 0 saturated heterocycles. The van der Waals surface area contributed by atoms with Gasteiger partial charge in [0.25, 0.3) is 5.91 Å². The van der Waals surface area contributed by atoms with Gasteiger partial charge in [-0.05, 0) is 38.6 Å². The second-order valence-corrected chi connectivity index (χ2v) is 5.92. The van der Waals surface area contributed by atoms with Crippen molar-refractivity contribution >= 4 is 23.2 Å². The molecule has 1 rings (SSSR count). The monoisotopic (exact) mass is 269 g/mol. The third kappa shape index (κ3) is 4.87. The summed E-state index contributed by atoms with van der Waals surface area (Å²) in [6.07, 6.45) is 0.624. The van der Waals surface area contributed by atoms with Crippen molar-refractivity contribution in [3.05, 3.63) is 22.4 Å². The first-order valence-electron chi connectivity index (χ1n) is 5.90. The smallest absolute Gasteiger partial charge is 0.311 e. The Morgan fingerprint density at radius 3 is 2.67 bits per heavy atom. The first-order chi connectivity index (χ1) is 8.41. The van der Waals surface area contributed by atoms with E-state index in [0.717, 1.165) is 0 Å². The second kappa shape index (κ2) is 6.54.